The van der Waals surface area contributed by atoms with Gasteiger partial charge in [0.1, 0.15) is 0 Å². The minimum Gasteiger partial charge on any atom is -0.288 e. The van der Waals surface area contributed by atoms with Crippen molar-refractivity contribution in [3.63, 3.8) is 0 Å². The average molecular weight is 170 g/mol. The summed E-state index contributed by atoms with van der Waals surface area (Å²) >= 11 is 0. The summed E-state index contributed by atoms with van der Waals surface area (Å²) in [5.41, 5.74) is 0. The lowest BCUT2D eigenvalue weighted by molar-refractivity contribution is -0.196. The monoisotopic (exact) mass is 170 g/mol. The van der Waals surface area contributed by atoms with Gasteiger partial charge in [-0.15, -0.1) is 0 Å². The van der Waals surface area contributed by atoms with Crippen LogP contribution >= 0.6 is 0 Å². The molecule has 11 heavy (non-hydrogen) atoms. The summed E-state index contributed by atoms with van der Waals surface area (Å²) in [7, 11) is 0. The fourth-order valence-electron chi connectivity index (χ4n) is 0.345. The molecule has 0 aliphatic heterocycles. The molecular formula is C6H6F4O. The molecule has 0 unspecified atom stereocenters. The molecule has 0 spiro atoms. The third-order valence-electron chi connectivity index (χ3n) is 1.05. The summed E-state index contributed by atoms with van der Waals surface area (Å²) in [6.07, 6.45) is 0.178. The van der Waals surface area contributed by atoms with Crippen LogP contribution in [0.25, 0.3) is 0 Å². The lowest BCUT2D eigenvalue weighted by Gasteiger charge is -2.19. The molecule has 0 radical (unpaired) electrons. The maximum atomic E-state index is 12.2. The van der Waals surface area contributed by atoms with Crippen molar-refractivity contribution >= 4 is 5.78 Å². The van der Waals surface area contributed by atoms with Crippen molar-refractivity contribution in [3.8, 4) is 0 Å². The van der Waals surface area contributed by atoms with E-state index >= 15 is 0 Å². The highest BCUT2D eigenvalue weighted by Gasteiger charge is 2.56. The first-order chi connectivity index (χ1) is 4.73. The molecule has 0 aromatic carbocycles. The Bertz CT molecular complexity index is 180. The van der Waals surface area contributed by atoms with E-state index in [1.54, 1.807) is 0 Å². The van der Waals surface area contributed by atoms with Crippen LogP contribution in [-0.4, -0.2) is 17.6 Å². The van der Waals surface area contributed by atoms with Crippen molar-refractivity contribution in [1.82, 2.24) is 0 Å². The molecule has 0 rings (SSSR count). The molecule has 0 N–H and O–H groups in total. The molecular weight excluding hydrogens is 164 g/mol. The normalized spacial score (nSPS) is 12.8. The number of hydrogen-bond donors (Lipinski definition) is 0. The number of halogens is 4. The number of carbonyl (C=O) groups excluding carboxylic acids is 1. The summed E-state index contributed by atoms with van der Waals surface area (Å²) in [4.78, 5) is 10.1. The Labute approximate surface area is 60.7 Å². The van der Waals surface area contributed by atoms with Crippen molar-refractivity contribution < 1.29 is 22.4 Å². The molecule has 64 valence electrons. The smallest absolute Gasteiger partial charge is 0.288 e. The van der Waals surface area contributed by atoms with Crippen LogP contribution in [0.15, 0.2) is 12.7 Å². The van der Waals surface area contributed by atoms with Gasteiger partial charge in [0, 0.05) is 6.92 Å². The molecule has 0 amide bonds. The van der Waals surface area contributed by atoms with Gasteiger partial charge in [-0.05, 0) is 6.08 Å². The highest BCUT2D eigenvalue weighted by Crippen LogP contribution is 2.34. The molecule has 5 heteroatoms. The third-order valence-corrected chi connectivity index (χ3v) is 1.05. The lowest BCUT2D eigenvalue weighted by atomic mass is 10.1. The second-order valence-electron chi connectivity index (χ2n) is 2.03. The van der Waals surface area contributed by atoms with Crippen LogP contribution in [0.4, 0.5) is 17.6 Å². The summed E-state index contributed by atoms with van der Waals surface area (Å²) in [6, 6.07) is 0. The number of carbonyl (C=O) groups is 1. The summed E-state index contributed by atoms with van der Waals surface area (Å²) in [5.74, 6) is -10.9. The van der Waals surface area contributed by atoms with Crippen molar-refractivity contribution in [1.29, 1.82) is 0 Å². The zero-order valence-electron chi connectivity index (χ0n) is 5.70. The Morgan fingerprint density at radius 2 is 1.73 bits per heavy atom. The highest BCUT2D eigenvalue weighted by molar-refractivity contribution is 5.95. The molecule has 0 aromatic rings. The van der Waals surface area contributed by atoms with Crippen LogP contribution in [0.2, 0.25) is 0 Å². The Hall–Kier alpha value is -0.870. The van der Waals surface area contributed by atoms with Crippen LogP contribution < -0.4 is 0 Å². The van der Waals surface area contributed by atoms with Crippen molar-refractivity contribution in [2.45, 2.75) is 18.8 Å². The molecule has 0 aliphatic carbocycles. The van der Waals surface area contributed by atoms with E-state index < -0.39 is 17.6 Å². The van der Waals surface area contributed by atoms with Gasteiger partial charge in [0.15, 0.2) is 0 Å². The minimum absolute atomic E-state index is 0.0194. The first-order valence-electron chi connectivity index (χ1n) is 2.66. The molecule has 0 aromatic heterocycles. The standard InChI is InChI=1S/C6H6F4O/c1-3-4(11)6(9,10)5(2,7)8/h3H,1H2,2H3. The van der Waals surface area contributed by atoms with Gasteiger partial charge in [0.05, 0.1) is 0 Å². The Morgan fingerprint density at radius 3 is 1.82 bits per heavy atom. The van der Waals surface area contributed by atoms with Gasteiger partial charge in [-0.1, -0.05) is 6.58 Å². The Balaban J connectivity index is 4.73. The molecule has 0 bridgehead atoms. The van der Waals surface area contributed by atoms with Gasteiger partial charge < -0.3 is 0 Å². The van der Waals surface area contributed by atoms with E-state index in [0.717, 1.165) is 0 Å². The summed E-state index contributed by atoms with van der Waals surface area (Å²) in [6.45, 7) is 2.66. The van der Waals surface area contributed by atoms with Gasteiger partial charge in [0.25, 0.3) is 0 Å². The van der Waals surface area contributed by atoms with E-state index in [2.05, 4.69) is 6.58 Å². The SMILES string of the molecule is C=CC(=O)C(F)(F)C(C)(F)F. The molecule has 0 aliphatic rings. The van der Waals surface area contributed by atoms with E-state index in [1.807, 2.05) is 0 Å². The Kier molecular flexibility index (Phi) is 2.43. The van der Waals surface area contributed by atoms with Crippen LogP contribution in [0.5, 0.6) is 0 Å². The number of allylic oxidation sites excluding steroid dienone is 1. The molecule has 1 nitrogen and oxygen atoms in total. The first-order valence-corrected chi connectivity index (χ1v) is 2.66. The summed E-state index contributed by atoms with van der Waals surface area (Å²) < 4.78 is 48.1. The molecule has 0 heterocycles. The number of ketones is 1. The quantitative estimate of drug-likeness (QED) is 0.467. The van der Waals surface area contributed by atoms with Crippen molar-refractivity contribution in [2.24, 2.45) is 0 Å². The van der Waals surface area contributed by atoms with Crippen molar-refractivity contribution in [3.05, 3.63) is 12.7 Å². The zero-order valence-corrected chi connectivity index (χ0v) is 5.70. The second kappa shape index (κ2) is 2.64. The number of rotatable bonds is 3. The topological polar surface area (TPSA) is 17.1 Å². The maximum absolute atomic E-state index is 12.2. The number of alkyl halides is 4. The van der Waals surface area contributed by atoms with E-state index in [-0.39, 0.29) is 13.0 Å². The maximum Gasteiger partial charge on any atom is 0.370 e. The fourth-order valence-corrected chi connectivity index (χ4v) is 0.345. The van der Waals surface area contributed by atoms with E-state index in [9.17, 15) is 22.4 Å². The van der Waals surface area contributed by atoms with Crippen molar-refractivity contribution in [2.75, 3.05) is 0 Å². The van der Waals surface area contributed by atoms with Crippen LogP contribution in [0, 0.1) is 0 Å². The largest absolute Gasteiger partial charge is 0.370 e. The predicted molar refractivity (Wildman–Crippen MR) is 30.8 cm³/mol. The van der Waals surface area contributed by atoms with Crippen LogP contribution in [-0.2, 0) is 4.79 Å². The predicted octanol–water partition coefficient (Wildman–Crippen LogP) is 2.03. The van der Waals surface area contributed by atoms with Crippen LogP contribution in [0.1, 0.15) is 6.92 Å². The first kappa shape index (κ1) is 10.1. The van der Waals surface area contributed by atoms with Gasteiger partial charge in [0.2, 0.25) is 5.78 Å². The van der Waals surface area contributed by atoms with Crippen LogP contribution in [0.3, 0.4) is 0 Å². The lowest BCUT2D eigenvalue weighted by Crippen LogP contribution is -2.44. The zero-order chi connectivity index (χ0) is 9.28. The molecule has 0 saturated carbocycles. The molecule has 0 saturated heterocycles. The molecule has 0 atom stereocenters. The number of hydrogen-bond acceptors (Lipinski definition) is 1. The van der Waals surface area contributed by atoms with E-state index in [1.165, 1.54) is 0 Å². The Morgan fingerprint density at radius 1 is 1.36 bits per heavy atom. The van der Waals surface area contributed by atoms with E-state index in [0.29, 0.717) is 0 Å². The highest BCUT2D eigenvalue weighted by atomic mass is 19.3. The summed E-state index contributed by atoms with van der Waals surface area (Å²) in [5, 5.41) is 0. The van der Waals surface area contributed by atoms with Gasteiger partial charge in [-0.2, -0.15) is 17.6 Å². The van der Waals surface area contributed by atoms with Gasteiger partial charge in [-0.25, -0.2) is 0 Å². The van der Waals surface area contributed by atoms with Gasteiger partial charge in [-0.3, -0.25) is 4.79 Å². The fraction of sp³-hybridized carbons (Fsp3) is 0.500. The third kappa shape index (κ3) is 1.78. The molecule has 0 fully saturated rings. The van der Waals surface area contributed by atoms with Gasteiger partial charge >= 0.3 is 11.8 Å². The average Bonchev–Trinajstić information content (AvgIpc) is 1.83. The minimum atomic E-state index is -4.64. The van der Waals surface area contributed by atoms with E-state index in [4.69, 9.17) is 0 Å². The second-order valence-corrected chi connectivity index (χ2v) is 2.03.